The Morgan fingerprint density at radius 3 is 2.20 bits per heavy atom. The van der Waals surface area contributed by atoms with E-state index in [0.717, 1.165) is 31.2 Å². The van der Waals surface area contributed by atoms with Crippen LogP contribution in [0.4, 0.5) is 19.7 Å². The first-order valence-electron chi connectivity index (χ1n) is 14.9. The van der Waals surface area contributed by atoms with Crippen LogP contribution in [-0.4, -0.2) is 48.9 Å². The molecule has 0 aromatic heterocycles. The maximum absolute atomic E-state index is 15.4. The first kappa shape index (κ1) is 34.3. The van der Waals surface area contributed by atoms with Crippen LogP contribution in [-0.2, 0) is 30.4 Å². The minimum Gasteiger partial charge on any atom is -0.467 e. The SMILES string of the molecule is COC(=O)[C@H](NC(=O)OC(C)(C)C)[C@@H](C)c1ccc(NC(=O)[C@@H](NC(=O)OCc2ccccc2)C2CCC(C)CC2)c(F)c1. The standard InChI is InChI=1S/C33H44FN3O7/c1-20-12-14-23(15-13-20)28(37-31(40)43-19-22-10-8-7-9-11-22)29(38)35-26-17-16-24(18-25(26)34)21(2)27(30(39)42-6)36-32(41)44-33(3,4)5/h7-11,16-18,20-21,23,27-28H,12-15,19H2,1-6H3,(H,35,38)(H,36,41)(H,37,40)/t20?,21-,23?,27+,28-/m0/s1. The van der Waals surface area contributed by atoms with E-state index in [9.17, 15) is 19.2 Å². The summed E-state index contributed by atoms with van der Waals surface area (Å²) in [5.74, 6) is -2.35. The van der Waals surface area contributed by atoms with E-state index in [1.807, 2.05) is 30.3 Å². The van der Waals surface area contributed by atoms with Crippen molar-refractivity contribution in [2.24, 2.45) is 11.8 Å². The van der Waals surface area contributed by atoms with E-state index < -0.39 is 53.5 Å². The van der Waals surface area contributed by atoms with Crippen molar-refractivity contribution in [2.75, 3.05) is 12.4 Å². The number of hydrogen-bond acceptors (Lipinski definition) is 7. The molecule has 240 valence electrons. The van der Waals surface area contributed by atoms with Gasteiger partial charge in [0.25, 0.3) is 0 Å². The summed E-state index contributed by atoms with van der Waals surface area (Å²) in [6.07, 6.45) is 1.74. The molecule has 1 aliphatic rings. The fourth-order valence-electron chi connectivity index (χ4n) is 5.18. The van der Waals surface area contributed by atoms with Crippen LogP contribution in [0.15, 0.2) is 48.5 Å². The summed E-state index contributed by atoms with van der Waals surface area (Å²) in [7, 11) is 1.19. The maximum Gasteiger partial charge on any atom is 0.408 e. The molecule has 0 aliphatic heterocycles. The molecule has 0 spiro atoms. The van der Waals surface area contributed by atoms with E-state index in [1.165, 1.54) is 19.2 Å². The molecule has 1 aliphatic carbocycles. The highest BCUT2D eigenvalue weighted by Crippen LogP contribution is 2.32. The third-order valence-corrected chi connectivity index (χ3v) is 7.70. The minimum absolute atomic E-state index is 0.0480. The second kappa shape index (κ2) is 15.5. The van der Waals surface area contributed by atoms with E-state index in [0.29, 0.717) is 11.5 Å². The molecule has 10 nitrogen and oxygen atoms in total. The van der Waals surface area contributed by atoms with Gasteiger partial charge >= 0.3 is 18.2 Å². The Balaban J connectivity index is 1.73. The highest BCUT2D eigenvalue weighted by atomic mass is 19.1. The van der Waals surface area contributed by atoms with Crippen LogP contribution in [0, 0.1) is 17.7 Å². The van der Waals surface area contributed by atoms with Gasteiger partial charge in [0.05, 0.1) is 12.8 Å². The minimum atomic E-state index is -1.15. The number of benzene rings is 2. The van der Waals surface area contributed by atoms with E-state index in [1.54, 1.807) is 33.8 Å². The topological polar surface area (TPSA) is 132 Å². The first-order valence-corrected chi connectivity index (χ1v) is 14.9. The number of carbonyl (C=O) groups is 4. The lowest BCUT2D eigenvalue weighted by molar-refractivity contribution is -0.143. The third-order valence-electron chi connectivity index (χ3n) is 7.70. The number of rotatable bonds is 10. The second-order valence-electron chi connectivity index (χ2n) is 12.4. The molecule has 44 heavy (non-hydrogen) atoms. The molecule has 0 radical (unpaired) electrons. The van der Waals surface area contributed by atoms with Gasteiger partial charge < -0.3 is 30.2 Å². The Morgan fingerprint density at radius 2 is 1.61 bits per heavy atom. The molecule has 2 aromatic carbocycles. The zero-order valence-corrected chi connectivity index (χ0v) is 26.3. The summed E-state index contributed by atoms with van der Waals surface area (Å²) in [5, 5.41) is 7.83. The van der Waals surface area contributed by atoms with Crippen LogP contribution in [0.3, 0.4) is 0 Å². The molecule has 3 amide bonds. The van der Waals surface area contributed by atoms with Crippen molar-refractivity contribution in [3.63, 3.8) is 0 Å². The van der Waals surface area contributed by atoms with Crippen molar-refractivity contribution in [2.45, 2.75) is 90.5 Å². The van der Waals surface area contributed by atoms with Crippen LogP contribution >= 0.6 is 0 Å². The maximum atomic E-state index is 15.4. The second-order valence-corrected chi connectivity index (χ2v) is 12.4. The number of methoxy groups -OCH3 is 1. The lowest BCUT2D eigenvalue weighted by atomic mass is 9.79. The summed E-state index contributed by atoms with van der Waals surface area (Å²) < 4.78 is 30.8. The fourth-order valence-corrected chi connectivity index (χ4v) is 5.18. The summed E-state index contributed by atoms with van der Waals surface area (Å²) in [4.78, 5) is 51.1. The molecule has 0 saturated heterocycles. The van der Waals surface area contributed by atoms with E-state index in [-0.39, 0.29) is 18.2 Å². The van der Waals surface area contributed by atoms with E-state index >= 15 is 4.39 Å². The van der Waals surface area contributed by atoms with Gasteiger partial charge in [0, 0.05) is 5.92 Å². The number of ether oxygens (including phenoxy) is 3. The Hall–Kier alpha value is -4.15. The van der Waals surface area contributed by atoms with Crippen molar-refractivity contribution in [1.82, 2.24) is 10.6 Å². The summed E-state index contributed by atoms with van der Waals surface area (Å²) in [6, 6.07) is 11.2. The molecule has 1 fully saturated rings. The van der Waals surface area contributed by atoms with Gasteiger partial charge in [-0.25, -0.2) is 18.8 Å². The number of nitrogens with one attached hydrogen (secondary N) is 3. The molecule has 0 unspecified atom stereocenters. The fraction of sp³-hybridized carbons (Fsp3) is 0.515. The van der Waals surface area contributed by atoms with Crippen molar-refractivity contribution in [3.8, 4) is 0 Å². The Kier molecular flexibility index (Phi) is 12.1. The lowest BCUT2D eigenvalue weighted by Crippen LogP contribution is -2.49. The molecule has 3 rings (SSSR count). The van der Waals surface area contributed by atoms with Gasteiger partial charge in [-0.1, -0.05) is 63.1 Å². The lowest BCUT2D eigenvalue weighted by Gasteiger charge is -2.32. The molecule has 3 N–H and O–H groups in total. The zero-order chi connectivity index (χ0) is 32.4. The summed E-state index contributed by atoms with van der Waals surface area (Å²) >= 11 is 0. The van der Waals surface area contributed by atoms with Gasteiger partial charge in [0.15, 0.2) is 0 Å². The highest BCUT2D eigenvalue weighted by Gasteiger charge is 2.34. The number of hydrogen-bond donors (Lipinski definition) is 3. The average molecular weight is 614 g/mol. The monoisotopic (exact) mass is 613 g/mol. The van der Waals surface area contributed by atoms with Crippen molar-refractivity contribution >= 4 is 29.8 Å². The Labute approximate surface area is 258 Å². The number of esters is 1. The Bertz CT molecular complexity index is 1290. The summed E-state index contributed by atoms with van der Waals surface area (Å²) in [5.41, 5.74) is 0.310. The predicted octanol–water partition coefficient (Wildman–Crippen LogP) is 6.06. The molecular formula is C33H44FN3O7. The first-order chi connectivity index (χ1) is 20.8. The van der Waals surface area contributed by atoms with Crippen LogP contribution in [0.25, 0.3) is 0 Å². The molecule has 3 atom stereocenters. The molecule has 2 aromatic rings. The molecular weight excluding hydrogens is 569 g/mol. The van der Waals surface area contributed by atoms with Crippen molar-refractivity contribution in [1.29, 1.82) is 0 Å². The third kappa shape index (κ3) is 10.2. The smallest absolute Gasteiger partial charge is 0.408 e. The Morgan fingerprint density at radius 1 is 0.955 bits per heavy atom. The molecule has 11 heteroatoms. The van der Waals surface area contributed by atoms with Gasteiger partial charge in [-0.15, -0.1) is 0 Å². The molecule has 0 bridgehead atoms. The number of anilines is 1. The van der Waals surface area contributed by atoms with Gasteiger partial charge in [-0.2, -0.15) is 0 Å². The van der Waals surface area contributed by atoms with E-state index in [2.05, 4.69) is 22.9 Å². The molecule has 1 saturated carbocycles. The summed E-state index contributed by atoms with van der Waals surface area (Å²) in [6.45, 7) is 8.90. The quantitative estimate of drug-likeness (QED) is 0.219. The van der Waals surface area contributed by atoms with Crippen LogP contribution < -0.4 is 16.0 Å². The number of halogens is 1. The van der Waals surface area contributed by atoms with Gasteiger partial charge in [-0.05, 0) is 68.7 Å². The van der Waals surface area contributed by atoms with Gasteiger partial charge in [0.1, 0.15) is 30.1 Å². The van der Waals surface area contributed by atoms with Crippen LogP contribution in [0.2, 0.25) is 0 Å². The van der Waals surface area contributed by atoms with E-state index in [4.69, 9.17) is 14.2 Å². The largest absolute Gasteiger partial charge is 0.467 e. The zero-order valence-electron chi connectivity index (χ0n) is 26.3. The molecule has 0 heterocycles. The number of carbonyl (C=O) groups excluding carboxylic acids is 4. The normalized spacial score (nSPS) is 18.6. The number of amides is 3. The number of alkyl carbamates (subject to hydrolysis) is 2. The van der Waals surface area contributed by atoms with Crippen molar-refractivity contribution < 1.29 is 37.8 Å². The average Bonchev–Trinajstić information content (AvgIpc) is 2.98. The van der Waals surface area contributed by atoms with Crippen LogP contribution in [0.1, 0.15) is 77.3 Å². The highest BCUT2D eigenvalue weighted by molar-refractivity contribution is 5.97. The van der Waals surface area contributed by atoms with Crippen molar-refractivity contribution in [3.05, 3.63) is 65.5 Å². The van der Waals surface area contributed by atoms with Gasteiger partial charge in [-0.3, -0.25) is 4.79 Å². The van der Waals surface area contributed by atoms with Gasteiger partial charge in [0.2, 0.25) is 5.91 Å². The predicted molar refractivity (Wildman–Crippen MR) is 163 cm³/mol. The van der Waals surface area contributed by atoms with Crippen LogP contribution in [0.5, 0.6) is 0 Å².